The van der Waals surface area contributed by atoms with Crippen molar-refractivity contribution in [1.29, 1.82) is 5.26 Å². The van der Waals surface area contributed by atoms with Crippen molar-refractivity contribution in [2.45, 2.75) is 13.8 Å². The molecule has 0 atom stereocenters. The lowest BCUT2D eigenvalue weighted by Crippen LogP contribution is -2.03. The highest BCUT2D eigenvalue weighted by atomic mass is 16.5. The minimum absolute atomic E-state index is 0.369. The van der Waals surface area contributed by atoms with E-state index in [1.54, 1.807) is 39.2 Å². The van der Waals surface area contributed by atoms with Crippen LogP contribution in [0.15, 0.2) is 23.8 Å². The van der Waals surface area contributed by atoms with Gasteiger partial charge < -0.3 is 14.2 Å². The first kappa shape index (κ1) is 14.6. The van der Waals surface area contributed by atoms with E-state index < -0.39 is 5.97 Å². The van der Waals surface area contributed by atoms with Gasteiger partial charge in [0.25, 0.3) is 6.26 Å². The summed E-state index contributed by atoms with van der Waals surface area (Å²) in [5, 5.41) is 8.34. The molecule has 0 spiro atoms. The Morgan fingerprint density at radius 2 is 1.79 bits per heavy atom. The predicted octanol–water partition coefficient (Wildman–Crippen LogP) is 2.52. The summed E-state index contributed by atoms with van der Waals surface area (Å²) in [6.07, 6.45) is 1.37. The number of allylic oxidation sites excluding steroid dienone is 1. The molecule has 0 saturated heterocycles. The number of hydrogen-bond acceptors (Lipinski definition) is 5. The number of nitrogens with zero attached hydrogens (tertiary/aromatic N) is 1. The number of ether oxygens (including phenoxy) is 3. The average molecular weight is 261 g/mol. The Hall–Kier alpha value is -2.48. The molecule has 100 valence electrons. The fourth-order valence-electron chi connectivity index (χ4n) is 1.56. The van der Waals surface area contributed by atoms with Crippen LogP contribution in [0.5, 0.6) is 11.5 Å². The zero-order valence-electron chi connectivity index (χ0n) is 11.3. The number of rotatable bonds is 4. The maximum absolute atomic E-state index is 11.5. The molecular weight excluding hydrogens is 246 g/mol. The first-order chi connectivity index (χ1) is 9.04. The topological polar surface area (TPSA) is 68.5 Å². The lowest BCUT2D eigenvalue weighted by atomic mass is 10.0. The van der Waals surface area contributed by atoms with Gasteiger partial charge in [-0.05, 0) is 37.1 Å². The Labute approximate surface area is 112 Å². The van der Waals surface area contributed by atoms with Gasteiger partial charge in [0.1, 0.15) is 0 Å². The van der Waals surface area contributed by atoms with Crippen molar-refractivity contribution in [1.82, 2.24) is 0 Å². The highest BCUT2D eigenvalue weighted by molar-refractivity contribution is 5.97. The summed E-state index contributed by atoms with van der Waals surface area (Å²) in [6.45, 7) is 3.38. The lowest BCUT2D eigenvalue weighted by Gasteiger charge is -2.11. The summed E-state index contributed by atoms with van der Waals surface area (Å²) in [6, 6.07) is 5.32. The molecule has 0 unspecified atom stereocenters. The molecule has 1 rings (SSSR count). The second-order valence-corrected chi connectivity index (χ2v) is 3.80. The number of benzene rings is 1. The number of carbonyl (C=O) groups is 1. The normalized spacial score (nSPS) is 11.1. The number of hydrogen-bond donors (Lipinski definition) is 0. The van der Waals surface area contributed by atoms with Crippen LogP contribution in [0.3, 0.4) is 0 Å². The van der Waals surface area contributed by atoms with Gasteiger partial charge in [0.05, 0.1) is 14.2 Å². The smallest absolute Gasteiger partial charge is 0.349 e. The lowest BCUT2D eigenvalue weighted by molar-refractivity contribution is -0.132. The Bertz CT molecular complexity index is 555. The van der Waals surface area contributed by atoms with Crippen molar-refractivity contribution in [2.75, 3.05) is 14.2 Å². The van der Waals surface area contributed by atoms with Gasteiger partial charge in [-0.2, -0.15) is 0 Å². The Morgan fingerprint density at radius 1 is 1.16 bits per heavy atom. The Kier molecular flexibility index (Phi) is 4.95. The van der Waals surface area contributed by atoms with E-state index in [2.05, 4.69) is 4.74 Å². The molecule has 5 nitrogen and oxygen atoms in total. The molecule has 0 bridgehead atoms. The SMILES string of the molecule is COc1ccc(C(C)=C(C)C(=O)OC#N)cc1OC. The third kappa shape index (κ3) is 3.26. The van der Waals surface area contributed by atoms with Crippen LogP contribution in [-0.2, 0) is 9.53 Å². The molecule has 0 amide bonds. The monoisotopic (exact) mass is 261 g/mol. The molecule has 0 aliphatic rings. The van der Waals surface area contributed by atoms with Crippen molar-refractivity contribution >= 4 is 11.5 Å². The minimum atomic E-state index is -0.658. The number of methoxy groups -OCH3 is 2. The van der Waals surface area contributed by atoms with Crippen LogP contribution < -0.4 is 9.47 Å². The second kappa shape index (κ2) is 6.45. The molecule has 0 N–H and O–H groups in total. The van der Waals surface area contributed by atoms with E-state index in [1.165, 1.54) is 13.4 Å². The molecule has 1 aromatic rings. The zero-order chi connectivity index (χ0) is 14.4. The third-order valence-electron chi connectivity index (χ3n) is 2.82. The van der Waals surface area contributed by atoms with E-state index in [-0.39, 0.29) is 0 Å². The van der Waals surface area contributed by atoms with Gasteiger partial charge >= 0.3 is 5.97 Å². The van der Waals surface area contributed by atoms with Gasteiger partial charge in [-0.25, -0.2) is 4.79 Å². The van der Waals surface area contributed by atoms with Crippen LogP contribution in [0.1, 0.15) is 19.4 Å². The van der Waals surface area contributed by atoms with Gasteiger partial charge in [0.2, 0.25) is 0 Å². The third-order valence-corrected chi connectivity index (χ3v) is 2.82. The van der Waals surface area contributed by atoms with Gasteiger partial charge in [-0.3, -0.25) is 0 Å². The molecule has 0 saturated carbocycles. The van der Waals surface area contributed by atoms with Crippen molar-refractivity contribution in [3.63, 3.8) is 0 Å². The summed E-state index contributed by atoms with van der Waals surface area (Å²) in [5.74, 6) is 0.520. The fourth-order valence-corrected chi connectivity index (χ4v) is 1.56. The van der Waals surface area contributed by atoms with Crippen molar-refractivity contribution in [3.8, 4) is 17.8 Å². The number of nitriles is 1. The van der Waals surface area contributed by atoms with Gasteiger partial charge in [-0.15, -0.1) is 5.26 Å². The molecule has 0 fully saturated rings. The maximum Gasteiger partial charge on any atom is 0.349 e. The quantitative estimate of drug-likeness (QED) is 0.473. The number of esters is 1. The second-order valence-electron chi connectivity index (χ2n) is 3.80. The van der Waals surface area contributed by atoms with E-state index in [4.69, 9.17) is 14.7 Å². The summed E-state index contributed by atoms with van der Waals surface area (Å²) >= 11 is 0. The van der Waals surface area contributed by atoms with E-state index in [1.807, 2.05) is 0 Å². The first-order valence-corrected chi connectivity index (χ1v) is 5.55. The van der Waals surface area contributed by atoms with Crippen LogP contribution in [-0.4, -0.2) is 20.2 Å². The van der Waals surface area contributed by atoms with Crippen LogP contribution >= 0.6 is 0 Å². The Balaban J connectivity index is 3.20. The molecular formula is C14H15NO4. The van der Waals surface area contributed by atoms with E-state index in [0.29, 0.717) is 22.6 Å². The summed E-state index contributed by atoms with van der Waals surface area (Å²) in [7, 11) is 3.09. The molecule has 0 heterocycles. The largest absolute Gasteiger partial charge is 0.493 e. The van der Waals surface area contributed by atoms with Crippen molar-refractivity contribution in [3.05, 3.63) is 29.3 Å². The predicted molar refractivity (Wildman–Crippen MR) is 69.5 cm³/mol. The zero-order valence-corrected chi connectivity index (χ0v) is 11.3. The van der Waals surface area contributed by atoms with Crippen LogP contribution in [0.2, 0.25) is 0 Å². The van der Waals surface area contributed by atoms with Crippen molar-refractivity contribution in [2.24, 2.45) is 0 Å². The van der Waals surface area contributed by atoms with Crippen molar-refractivity contribution < 1.29 is 19.0 Å². The Morgan fingerprint density at radius 3 is 2.32 bits per heavy atom. The molecule has 1 aromatic carbocycles. The van der Waals surface area contributed by atoms with Crippen LogP contribution in [0, 0.1) is 11.5 Å². The average Bonchev–Trinajstić information content (AvgIpc) is 2.45. The molecule has 0 aliphatic carbocycles. The summed E-state index contributed by atoms with van der Waals surface area (Å²) in [5.41, 5.74) is 1.88. The molecule has 0 aromatic heterocycles. The van der Waals surface area contributed by atoms with E-state index in [0.717, 1.165) is 5.56 Å². The van der Waals surface area contributed by atoms with E-state index >= 15 is 0 Å². The van der Waals surface area contributed by atoms with E-state index in [9.17, 15) is 4.79 Å². The minimum Gasteiger partial charge on any atom is -0.493 e. The van der Waals surface area contributed by atoms with Gasteiger partial charge in [-0.1, -0.05) is 6.07 Å². The highest BCUT2D eigenvalue weighted by Gasteiger charge is 2.12. The van der Waals surface area contributed by atoms with Crippen LogP contribution in [0.4, 0.5) is 0 Å². The standard InChI is InChI=1S/C14H15NO4/c1-9(10(2)14(16)19-8-15)11-5-6-12(17-3)13(7-11)18-4/h5-7H,1-4H3. The summed E-state index contributed by atoms with van der Waals surface area (Å²) < 4.78 is 14.6. The molecule has 5 heteroatoms. The molecule has 0 aliphatic heterocycles. The summed E-state index contributed by atoms with van der Waals surface area (Å²) in [4.78, 5) is 11.5. The highest BCUT2D eigenvalue weighted by Crippen LogP contribution is 2.31. The van der Waals surface area contributed by atoms with Crippen LogP contribution in [0.25, 0.3) is 5.57 Å². The first-order valence-electron chi connectivity index (χ1n) is 5.55. The molecule has 19 heavy (non-hydrogen) atoms. The molecule has 0 radical (unpaired) electrons. The maximum atomic E-state index is 11.5. The number of carbonyl (C=O) groups excluding carboxylic acids is 1. The fraction of sp³-hybridized carbons (Fsp3) is 0.286. The van der Waals surface area contributed by atoms with Gasteiger partial charge in [0.15, 0.2) is 11.5 Å². The van der Waals surface area contributed by atoms with Gasteiger partial charge in [0, 0.05) is 5.57 Å².